The molecular weight excluding hydrogens is 362 g/mol. The number of methoxy groups -OCH3 is 1. The lowest BCUT2D eigenvalue weighted by atomic mass is 9.94. The van der Waals surface area contributed by atoms with E-state index in [0.717, 1.165) is 33.5 Å². The lowest BCUT2D eigenvalue weighted by Gasteiger charge is -2.15. The highest BCUT2D eigenvalue weighted by molar-refractivity contribution is 5.92. The highest BCUT2D eigenvalue weighted by Crippen LogP contribution is 2.33. The molecule has 2 aromatic heterocycles. The Labute approximate surface area is 163 Å². The van der Waals surface area contributed by atoms with E-state index in [4.69, 9.17) is 15.0 Å². The van der Waals surface area contributed by atoms with Crippen molar-refractivity contribution >= 4 is 23.4 Å². The van der Waals surface area contributed by atoms with Gasteiger partial charge in [0.1, 0.15) is 5.69 Å². The number of halogens is 1. The van der Waals surface area contributed by atoms with Crippen LogP contribution in [0.5, 0.6) is 5.88 Å². The molecule has 138 valence electrons. The maximum atomic E-state index is 6.53. The SMILES string of the molecule is COc1cccc(C[C@H](N)c2ccccc2-c2noc3ccccc23)n1.Cl. The number of nitrogens with two attached hydrogens (primary N) is 1. The fourth-order valence-electron chi connectivity index (χ4n) is 3.14. The second-order valence-electron chi connectivity index (χ2n) is 6.10. The number of hydrogen-bond acceptors (Lipinski definition) is 5. The summed E-state index contributed by atoms with van der Waals surface area (Å²) in [5.41, 5.74) is 11.0. The summed E-state index contributed by atoms with van der Waals surface area (Å²) in [5, 5.41) is 5.26. The molecule has 0 saturated heterocycles. The van der Waals surface area contributed by atoms with Crippen molar-refractivity contribution < 1.29 is 9.26 Å². The van der Waals surface area contributed by atoms with Crippen LogP contribution in [0.2, 0.25) is 0 Å². The minimum Gasteiger partial charge on any atom is -0.481 e. The Balaban J connectivity index is 0.00000210. The van der Waals surface area contributed by atoms with E-state index in [1.165, 1.54) is 0 Å². The van der Waals surface area contributed by atoms with Gasteiger partial charge in [0, 0.05) is 35.2 Å². The topological polar surface area (TPSA) is 74.2 Å². The molecule has 0 bridgehead atoms. The molecule has 0 amide bonds. The third-order valence-electron chi connectivity index (χ3n) is 4.41. The summed E-state index contributed by atoms with van der Waals surface area (Å²) >= 11 is 0. The van der Waals surface area contributed by atoms with Crippen molar-refractivity contribution in [2.75, 3.05) is 7.11 Å². The Morgan fingerprint density at radius 3 is 2.63 bits per heavy atom. The molecule has 4 aromatic rings. The van der Waals surface area contributed by atoms with Crippen LogP contribution in [0.1, 0.15) is 17.3 Å². The molecule has 0 aliphatic carbocycles. The van der Waals surface area contributed by atoms with Gasteiger partial charge in [0.05, 0.1) is 7.11 Å². The molecule has 0 saturated carbocycles. The van der Waals surface area contributed by atoms with Gasteiger partial charge in [-0.05, 0) is 23.8 Å². The molecule has 2 N–H and O–H groups in total. The summed E-state index contributed by atoms with van der Waals surface area (Å²) in [6, 6.07) is 21.3. The Morgan fingerprint density at radius 2 is 1.78 bits per heavy atom. The number of benzene rings is 2. The predicted molar refractivity (Wildman–Crippen MR) is 108 cm³/mol. The standard InChI is InChI=1S/C21H19N3O2.ClH/c1-25-20-12-6-7-14(23-20)13-18(22)15-8-2-3-9-16(15)21-17-10-4-5-11-19(17)26-24-21;/h2-12,18H,13,22H2,1H3;1H/t18-;/m0./s1. The molecule has 0 radical (unpaired) electrons. The molecular formula is C21H20ClN3O2. The van der Waals surface area contributed by atoms with Crippen LogP contribution in [0.4, 0.5) is 0 Å². The number of fused-ring (bicyclic) bond motifs is 1. The van der Waals surface area contributed by atoms with Gasteiger partial charge in [0.2, 0.25) is 5.88 Å². The molecule has 2 heterocycles. The van der Waals surface area contributed by atoms with Crippen LogP contribution in [0.25, 0.3) is 22.2 Å². The van der Waals surface area contributed by atoms with Crippen LogP contribution in [0, 0.1) is 0 Å². The number of aromatic nitrogens is 2. The van der Waals surface area contributed by atoms with E-state index in [2.05, 4.69) is 10.1 Å². The second-order valence-corrected chi connectivity index (χ2v) is 6.10. The number of para-hydroxylation sites is 1. The second kappa shape index (κ2) is 8.20. The summed E-state index contributed by atoms with van der Waals surface area (Å²) < 4.78 is 10.7. The van der Waals surface area contributed by atoms with E-state index in [9.17, 15) is 0 Å². The average molecular weight is 382 g/mol. The third kappa shape index (κ3) is 3.79. The van der Waals surface area contributed by atoms with E-state index in [1.807, 2.05) is 66.7 Å². The number of nitrogens with zero attached hydrogens (tertiary/aromatic N) is 2. The molecule has 4 rings (SSSR count). The minimum atomic E-state index is -0.221. The van der Waals surface area contributed by atoms with Crippen molar-refractivity contribution in [2.24, 2.45) is 5.73 Å². The molecule has 6 heteroatoms. The largest absolute Gasteiger partial charge is 0.481 e. The first-order chi connectivity index (χ1) is 12.8. The van der Waals surface area contributed by atoms with E-state index in [0.29, 0.717) is 12.3 Å². The average Bonchev–Trinajstić information content (AvgIpc) is 3.12. The zero-order valence-electron chi connectivity index (χ0n) is 14.8. The monoisotopic (exact) mass is 381 g/mol. The Morgan fingerprint density at radius 1 is 1.00 bits per heavy atom. The van der Waals surface area contributed by atoms with Crippen molar-refractivity contribution in [3.05, 3.63) is 78.0 Å². The molecule has 0 spiro atoms. The molecule has 2 aromatic carbocycles. The van der Waals surface area contributed by atoms with Crippen molar-refractivity contribution in [3.8, 4) is 17.1 Å². The Bertz CT molecular complexity index is 1050. The summed E-state index contributed by atoms with van der Waals surface area (Å²) in [7, 11) is 1.61. The molecule has 1 atom stereocenters. The number of pyridine rings is 1. The van der Waals surface area contributed by atoms with Crippen LogP contribution >= 0.6 is 12.4 Å². The smallest absolute Gasteiger partial charge is 0.213 e. The van der Waals surface area contributed by atoms with Crippen molar-refractivity contribution in [1.82, 2.24) is 10.1 Å². The van der Waals surface area contributed by atoms with Crippen molar-refractivity contribution in [2.45, 2.75) is 12.5 Å². The van der Waals surface area contributed by atoms with Gasteiger partial charge in [0.15, 0.2) is 5.58 Å². The van der Waals surface area contributed by atoms with Crippen LogP contribution in [0.15, 0.2) is 71.3 Å². The first-order valence-electron chi connectivity index (χ1n) is 8.45. The molecule has 0 unspecified atom stereocenters. The summed E-state index contributed by atoms with van der Waals surface area (Å²) in [6.07, 6.45) is 0.601. The van der Waals surface area contributed by atoms with E-state index >= 15 is 0 Å². The van der Waals surface area contributed by atoms with Crippen molar-refractivity contribution in [1.29, 1.82) is 0 Å². The molecule has 0 fully saturated rings. The minimum absolute atomic E-state index is 0. The van der Waals surface area contributed by atoms with Crippen molar-refractivity contribution in [3.63, 3.8) is 0 Å². The lowest BCUT2D eigenvalue weighted by molar-refractivity contribution is 0.396. The number of rotatable bonds is 5. The molecule has 0 aliphatic rings. The lowest BCUT2D eigenvalue weighted by Crippen LogP contribution is -2.15. The normalized spacial score (nSPS) is 11.8. The van der Waals surface area contributed by atoms with Crippen LogP contribution in [-0.2, 0) is 6.42 Å². The number of hydrogen-bond donors (Lipinski definition) is 1. The molecule has 0 aliphatic heterocycles. The van der Waals surface area contributed by atoms with Gasteiger partial charge in [-0.15, -0.1) is 12.4 Å². The van der Waals surface area contributed by atoms with E-state index in [1.54, 1.807) is 7.11 Å². The predicted octanol–water partition coefficient (Wildman–Crippen LogP) is 4.56. The van der Waals surface area contributed by atoms with Gasteiger partial charge in [-0.25, -0.2) is 4.98 Å². The van der Waals surface area contributed by atoms with E-state index < -0.39 is 0 Å². The Kier molecular flexibility index (Phi) is 5.74. The van der Waals surface area contributed by atoms with Gasteiger partial charge in [0.25, 0.3) is 0 Å². The quantitative estimate of drug-likeness (QED) is 0.548. The maximum absolute atomic E-state index is 6.53. The highest BCUT2D eigenvalue weighted by Gasteiger charge is 2.18. The van der Waals surface area contributed by atoms with Crippen LogP contribution in [-0.4, -0.2) is 17.3 Å². The summed E-state index contributed by atoms with van der Waals surface area (Å²) in [5.74, 6) is 0.588. The van der Waals surface area contributed by atoms with Gasteiger partial charge >= 0.3 is 0 Å². The van der Waals surface area contributed by atoms with Gasteiger partial charge < -0.3 is 15.0 Å². The summed E-state index contributed by atoms with van der Waals surface area (Å²) in [4.78, 5) is 4.46. The molecule has 5 nitrogen and oxygen atoms in total. The van der Waals surface area contributed by atoms with E-state index in [-0.39, 0.29) is 18.4 Å². The third-order valence-corrected chi connectivity index (χ3v) is 4.41. The zero-order valence-corrected chi connectivity index (χ0v) is 15.6. The van der Waals surface area contributed by atoms with Gasteiger partial charge in [-0.3, -0.25) is 0 Å². The zero-order chi connectivity index (χ0) is 17.9. The maximum Gasteiger partial charge on any atom is 0.213 e. The summed E-state index contributed by atoms with van der Waals surface area (Å²) in [6.45, 7) is 0. The van der Waals surface area contributed by atoms with Gasteiger partial charge in [-0.2, -0.15) is 0 Å². The van der Waals surface area contributed by atoms with Gasteiger partial charge in [-0.1, -0.05) is 47.6 Å². The first kappa shape index (κ1) is 18.9. The first-order valence-corrected chi connectivity index (χ1v) is 8.45. The Hall–Kier alpha value is -2.89. The number of ether oxygens (including phenoxy) is 1. The fraction of sp³-hybridized carbons (Fsp3) is 0.143. The highest BCUT2D eigenvalue weighted by atomic mass is 35.5. The molecule has 27 heavy (non-hydrogen) atoms. The fourth-order valence-corrected chi connectivity index (χ4v) is 3.14. The van der Waals surface area contributed by atoms with Crippen LogP contribution in [0.3, 0.4) is 0 Å². The van der Waals surface area contributed by atoms with Crippen LogP contribution < -0.4 is 10.5 Å².